The van der Waals surface area contributed by atoms with Crippen LogP contribution in [0.1, 0.15) is 15.2 Å². The Balaban J connectivity index is 1.64. The molecular formula is C18H15N5OS. The Morgan fingerprint density at radius 1 is 1.16 bits per heavy atom. The van der Waals surface area contributed by atoms with Gasteiger partial charge in [0.25, 0.3) is 5.91 Å². The molecule has 0 unspecified atom stereocenters. The zero-order chi connectivity index (χ0) is 17.4. The van der Waals surface area contributed by atoms with E-state index in [0.29, 0.717) is 11.5 Å². The number of carbonyl (C=O) groups excluding carboxylic acids is 1. The number of hydrogen-bond donors (Lipinski definition) is 1. The number of fused-ring (bicyclic) bond motifs is 1. The number of aromatic nitrogens is 4. The lowest BCUT2D eigenvalue weighted by molar-refractivity contribution is 0.103. The minimum Gasteiger partial charge on any atom is -0.321 e. The number of amides is 1. The Kier molecular flexibility index (Phi) is 3.77. The highest BCUT2D eigenvalue weighted by molar-refractivity contribution is 7.21. The van der Waals surface area contributed by atoms with Gasteiger partial charge in [0.05, 0.1) is 4.88 Å². The molecule has 4 aromatic rings. The highest BCUT2D eigenvalue weighted by Gasteiger charge is 2.16. The first-order valence-corrected chi connectivity index (χ1v) is 8.57. The molecular weight excluding hydrogens is 334 g/mol. The highest BCUT2D eigenvalue weighted by atomic mass is 32.1. The molecule has 0 aliphatic rings. The smallest absolute Gasteiger partial charge is 0.266 e. The summed E-state index contributed by atoms with van der Waals surface area (Å²) in [4.78, 5) is 13.5. The molecule has 1 amide bonds. The third-order valence-corrected chi connectivity index (χ3v) is 5.32. The van der Waals surface area contributed by atoms with Crippen molar-refractivity contribution in [3.05, 3.63) is 59.0 Å². The van der Waals surface area contributed by atoms with E-state index in [1.165, 1.54) is 11.3 Å². The Labute approximate surface area is 148 Å². The van der Waals surface area contributed by atoms with Crippen molar-refractivity contribution >= 4 is 33.0 Å². The van der Waals surface area contributed by atoms with E-state index in [1.54, 1.807) is 11.7 Å². The number of hydrogen-bond acceptors (Lipinski definition) is 5. The van der Waals surface area contributed by atoms with Crippen LogP contribution in [0.3, 0.4) is 0 Å². The molecule has 0 bridgehead atoms. The summed E-state index contributed by atoms with van der Waals surface area (Å²) in [6, 6.07) is 15.6. The number of aryl methyl sites for hydroxylation is 2. The Morgan fingerprint density at radius 2 is 2.00 bits per heavy atom. The number of benzene rings is 2. The normalized spacial score (nSPS) is 11.0. The third-order valence-electron chi connectivity index (χ3n) is 4.05. The van der Waals surface area contributed by atoms with Crippen molar-refractivity contribution in [3.8, 4) is 11.4 Å². The number of nitrogens with one attached hydrogen (secondary N) is 1. The van der Waals surface area contributed by atoms with E-state index in [9.17, 15) is 4.79 Å². The maximum Gasteiger partial charge on any atom is 0.266 e. The number of thiophene rings is 1. The molecule has 1 N–H and O–H groups in total. The minimum atomic E-state index is -0.105. The van der Waals surface area contributed by atoms with Crippen LogP contribution in [-0.4, -0.2) is 26.1 Å². The fourth-order valence-corrected chi connectivity index (χ4v) is 3.89. The van der Waals surface area contributed by atoms with Gasteiger partial charge >= 0.3 is 0 Å². The van der Waals surface area contributed by atoms with Crippen molar-refractivity contribution in [1.29, 1.82) is 0 Å². The molecule has 0 atom stereocenters. The lowest BCUT2D eigenvalue weighted by atomic mass is 10.1. The second-order valence-corrected chi connectivity index (χ2v) is 6.77. The van der Waals surface area contributed by atoms with E-state index in [0.717, 1.165) is 26.1 Å². The molecule has 0 aliphatic heterocycles. The van der Waals surface area contributed by atoms with Gasteiger partial charge in [0, 0.05) is 23.0 Å². The van der Waals surface area contributed by atoms with Crippen molar-refractivity contribution in [3.63, 3.8) is 0 Å². The van der Waals surface area contributed by atoms with E-state index in [1.807, 2.05) is 55.5 Å². The summed E-state index contributed by atoms with van der Waals surface area (Å²) in [5, 5.41) is 15.6. The van der Waals surface area contributed by atoms with Gasteiger partial charge in [-0.05, 0) is 46.5 Å². The average molecular weight is 349 g/mol. The van der Waals surface area contributed by atoms with Crippen LogP contribution in [0.5, 0.6) is 0 Å². The molecule has 0 radical (unpaired) electrons. The lowest BCUT2D eigenvalue weighted by Gasteiger charge is -2.06. The Morgan fingerprint density at radius 3 is 2.76 bits per heavy atom. The van der Waals surface area contributed by atoms with Crippen LogP contribution in [0.4, 0.5) is 5.69 Å². The molecule has 2 heterocycles. The number of nitrogens with zero attached hydrogens (tertiary/aromatic N) is 4. The van der Waals surface area contributed by atoms with Crippen LogP contribution in [-0.2, 0) is 7.05 Å². The average Bonchev–Trinajstić information content (AvgIpc) is 3.19. The van der Waals surface area contributed by atoms with Gasteiger partial charge in [-0.15, -0.1) is 16.4 Å². The topological polar surface area (TPSA) is 72.7 Å². The fourth-order valence-electron chi connectivity index (χ4n) is 2.79. The van der Waals surface area contributed by atoms with E-state index >= 15 is 0 Å². The summed E-state index contributed by atoms with van der Waals surface area (Å²) in [6.45, 7) is 1.98. The maximum atomic E-state index is 12.7. The number of tetrazole rings is 1. The molecule has 2 aromatic carbocycles. The maximum absolute atomic E-state index is 12.7. The fraction of sp³-hybridized carbons (Fsp3) is 0.111. The molecule has 124 valence electrons. The van der Waals surface area contributed by atoms with Crippen LogP contribution in [0, 0.1) is 6.92 Å². The molecule has 7 heteroatoms. The summed E-state index contributed by atoms with van der Waals surface area (Å²) < 4.78 is 2.71. The van der Waals surface area contributed by atoms with Crippen molar-refractivity contribution in [2.45, 2.75) is 6.92 Å². The number of carbonyl (C=O) groups is 1. The predicted octanol–water partition coefficient (Wildman–Crippen LogP) is 3.65. The van der Waals surface area contributed by atoms with Gasteiger partial charge in [0.15, 0.2) is 5.82 Å². The van der Waals surface area contributed by atoms with Crippen LogP contribution < -0.4 is 5.32 Å². The van der Waals surface area contributed by atoms with E-state index in [4.69, 9.17) is 0 Å². The van der Waals surface area contributed by atoms with Crippen molar-refractivity contribution in [1.82, 2.24) is 20.2 Å². The first-order chi connectivity index (χ1) is 12.1. The summed E-state index contributed by atoms with van der Waals surface area (Å²) in [6.07, 6.45) is 0. The minimum absolute atomic E-state index is 0.105. The molecule has 0 saturated carbocycles. The second-order valence-electron chi connectivity index (χ2n) is 5.71. The van der Waals surface area contributed by atoms with Gasteiger partial charge < -0.3 is 5.32 Å². The van der Waals surface area contributed by atoms with E-state index < -0.39 is 0 Å². The van der Waals surface area contributed by atoms with E-state index in [2.05, 4.69) is 20.8 Å². The summed E-state index contributed by atoms with van der Waals surface area (Å²) in [5.41, 5.74) is 2.56. The van der Waals surface area contributed by atoms with Crippen molar-refractivity contribution < 1.29 is 4.79 Å². The molecule has 0 aliphatic carbocycles. The molecule has 4 rings (SSSR count). The SMILES string of the molecule is Cc1c(C(=O)Nc2cccc(-c3nnnn3C)c2)sc2ccccc12. The molecule has 0 saturated heterocycles. The van der Waals surface area contributed by atoms with Crippen LogP contribution in [0.25, 0.3) is 21.5 Å². The summed E-state index contributed by atoms with van der Waals surface area (Å²) in [7, 11) is 1.78. The largest absolute Gasteiger partial charge is 0.321 e. The zero-order valence-corrected chi connectivity index (χ0v) is 14.5. The van der Waals surface area contributed by atoms with Crippen molar-refractivity contribution in [2.75, 3.05) is 5.32 Å². The van der Waals surface area contributed by atoms with Crippen molar-refractivity contribution in [2.24, 2.45) is 7.05 Å². The highest BCUT2D eigenvalue weighted by Crippen LogP contribution is 2.31. The number of anilines is 1. The van der Waals surface area contributed by atoms with Crippen LogP contribution >= 0.6 is 11.3 Å². The van der Waals surface area contributed by atoms with Crippen LogP contribution in [0.15, 0.2) is 48.5 Å². The molecule has 25 heavy (non-hydrogen) atoms. The monoisotopic (exact) mass is 349 g/mol. The molecule has 0 fully saturated rings. The van der Waals surface area contributed by atoms with Gasteiger partial charge in [-0.3, -0.25) is 4.79 Å². The zero-order valence-electron chi connectivity index (χ0n) is 13.7. The Bertz CT molecular complexity index is 1080. The number of rotatable bonds is 3. The van der Waals surface area contributed by atoms with Gasteiger partial charge in [-0.2, -0.15) is 0 Å². The standard InChI is InChI=1S/C18H15N5OS/c1-11-14-8-3-4-9-15(14)25-16(11)18(24)19-13-7-5-6-12(10-13)17-20-21-22-23(17)2/h3-10H,1-2H3,(H,19,24). The summed E-state index contributed by atoms with van der Waals surface area (Å²) in [5.74, 6) is 0.543. The first-order valence-electron chi connectivity index (χ1n) is 7.76. The second kappa shape index (κ2) is 6.10. The molecule has 2 aromatic heterocycles. The third kappa shape index (κ3) is 2.78. The predicted molar refractivity (Wildman–Crippen MR) is 98.7 cm³/mol. The van der Waals surface area contributed by atoms with Gasteiger partial charge in [-0.25, -0.2) is 4.68 Å². The van der Waals surface area contributed by atoms with Crippen LogP contribution in [0.2, 0.25) is 0 Å². The quantitative estimate of drug-likeness (QED) is 0.613. The summed E-state index contributed by atoms with van der Waals surface area (Å²) >= 11 is 1.51. The first kappa shape index (κ1) is 15.5. The van der Waals surface area contributed by atoms with Gasteiger partial charge in [0.2, 0.25) is 0 Å². The molecule has 0 spiro atoms. The van der Waals surface area contributed by atoms with Gasteiger partial charge in [-0.1, -0.05) is 30.3 Å². The van der Waals surface area contributed by atoms with Gasteiger partial charge in [0.1, 0.15) is 0 Å². The molecule has 6 nitrogen and oxygen atoms in total. The Hall–Kier alpha value is -3.06. The van der Waals surface area contributed by atoms with E-state index in [-0.39, 0.29) is 5.91 Å². The lowest BCUT2D eigenvalue weighted by Crippen LogP contribution is -2.11.